The first-order valence-corrected chi connectivity index (χ1v) is 11.0. The molecule has 0 saturated carbocycles. The predicted molar refractivity (Wildman–Crippen MR) is 107 cm³/mol. The third-order valence-corrected chi connectivity index (χ3v) is 6.41. The van der Waals surface area contributed by atoms with Gasteiger partial charge >= 0.3 is 12.1 Å². The Bertz CT molecular complexity index is 827. The summed E-state index contributed by atoms with van der Waals surface area (Å²) in [5.74, 6) is -2.19. The summed E-state index contributed by atoms with van der Waals surface area (Å²) in [7, 11) is 0. The van der Waals surface area contributed by atoms with Crippen molar-refractivity contribution >= 4 is 34.6 Å². The molecular formula is C19H21F3N2O4S2. The van der Waals surface area contributed by atoms with Gasteiger partial charge in [0.2, 0.25) is 0 Å². The van der Waals surface area contributed by atoms with Crippen molar-refractivity contribution in [3.05, 3.63) is 44.8 Å². The first-order valence-electron chi connectivity index (χ1n) is 9.22. The van der Waals surface area contributed by atoms with E-state index in [1.165, 1.54) is 4.88 Å². The summed E-state index contributed by atoms with van der Waals surface area (Å²) in [6.07, 6.45) is -4.82. The molecular weight excluding hydrogens is 441 g/mol. The molecule has 0 bridgehead atoms. The maximum absolute atomic E-state index is 12.6. The van der Waals surface area contributed by atoms with E-state index in [0.29, 0.717) is 19.1 Å². The van der Waals surface area contributed by atoms with Gasteiger partial charge in [-0.15, -0.1) is 11.3 Å². The summed E-state index contributed by atoms with van der Waals surface area (Å²) in [5, 5.41) is 13.1. The number of amides is 1. The number of hydrogen-bond acceptors (Lipinski definition) is 6. The van der Waals surface area contributed by atoms with Gasteiger partial charge in [0.15, 0.2) is 0 Å². The number of likely N-dealkylation sites (tertiary alicyclic amines) is 1. The highest BCUT2D eigenvalue weighted by atomic mass is 32.1. The van der Waals surface area contributed by atoms with Crippen LogP contribution in [-0.4, -0.2) is 71.8 Å². The van der Waals surface area contributed by atoms with Crippen LogP contribution in [0.25, 0.3) is 0 Å². The van der Waals surface area contributed by atoms with Gasteiger partial charge in [0.25, 0.3) is 5.91 Å². The average molecular weight is 463 g/mol. The number of carboxylic acids is 1. The number of carbonyl (C=O) groups is 2. The van der Waals surface area contributed by atoms with E-state index < -0.39 is 12.1 Å². The van der Waals surface area contributed by atoms with Crippen LogP contribution < -0.4 is 0 Å². The number of rotatable bonds is 3. The van der Waals surface area contributed by atoms with Crippen LogP contribution in [0.5, 0.6) is 0 Å². The molecule has 2 aliphatic rings. The number of nitrogens with zero attached hydrogens (tertiary/aromatic N) is 2. The first kappa shape index (κ1) is 22.7. The zero-order valence-electron chi connectivity index (χ0n) is 15.9. The molecule has 6 nitrogen and oxygen atoms in total. The van der Waals surface area contributed by atoms with Gasteiger partial charge in [0.05, 0.1) is 18.3 Å². The van der Waals surface area contributed by atoms with Crippen molar-refractivity contribution in [1.82, 2.24) is 9.80 Å². The second-order valence-electron chi connectivity index (χ2n) is 7.01. The van der Waals surface area contributed by atoms with Crippen LogP contribution in [0, 0.1) is 5.92 Å². The van der Waals surface area contributed by atoms with Crippen LogP contribution in [0.15, 0.2) is 34.3 Å². The number of halogens is 3. The van der Waals surface area contributed by atoms with E-state index in [0.717, 1.165) is 31.7 Å². The highest BCUT2D eigenvalue weighted by Gasteiger charge is 2.38. The molecule has 0 aromatic carbocycles. The SMILES string of the molecule is O=C(O)C(F)(F)F.O=C(c1ccsc1)N1CCO[C@@H]2CN(Cc3cccs3)C[C@@H]2C1. The van der Waals surface area contributed by atoms with Gasteiger partial charge in [0.1, 0.15) is 0 Å². The quantitative estimate of drug-likeness (QED) is 0.757. The van der Waals surface area contributed by atoms with E-state index in [2.05, 4.69) is 22.4 Å². The number of fused-ring (bicyclic) bond motifs is 1. The Balaban J connectivity index is 0.000000318. The minimum absolute atomic E-state index is 0.146. The zero-order chi connectivity index (χ0) is 21.7. The van der Waals surface area contributed by atoms with Crippen molar-refractivity contribution in [3.63, 3.8) is 0 Å². The normalized spacial score (nSPS) is 22.0. The van der Waals surface area contributed by atoms with E-state index >= 15 is 0 Å². The molecule has 0 spiro atoms. The number of hydrogen-bond donors (Lipinski definition) is 1. The molecule has 164 valence electrons. The minimum Gasteiger partial charge on any atom is -0.475 e. The van der Waals surface area contributed by atoms with Crippen LogP contribution in [0.2, 0.25) is 0 Å². The highest BCUT2D eigenvalue weighted by molar-refractivity contribution is 7.09. The fraction of sp³-hybridized carbons (Fsp3) is 0.474. The molecule has 2 aromatic rings. The Morgan fingerprint density at radius 1 is 1.20 bits per heavy atom. The second kappa shape index (κ2) is 9.90. The second-order valence-corrected chi connectivity index (χ2v) is 8.82. The van der Waals surface area contributed by atoms with Gasteiger partial charge in [0, 0.05) is 48.9 Å². The molecule has 0 unspecified atom stereocenters. The molecule has 4 heterocycles. The van der Waals surface area contributed by atoms with Crippen molar-refractivity contribution in [2.24, 2.45) is 5.92 Å². The summed E-state index contributed by atoms with van der Waals surface area (Å²) in [6, 6.07) is 6.20. The summed E-state index contributed by atoms with van der Waals surface area (Å²) in [4.78, 5) is 27.3. The fourth-order valence-corrected chi connectivity index (χ4v) is 4.86. The Labute approximate surface area is 179 Å². The molecule has 2 fully saturated rings. The molecule has 4 rings (SSSR count). The lowest BCUT2D eigenvalue weighted by Gasteiger charge is -2.23. The van der Waals surface area contributed by atoms with Gasteiger partial charge < -0.3 is 14.7 Å². The summed E-state index contributed by atoms with van der Waals surface area (Å²) >= 11 is 3.38. The fourth-order valence-electron chi connectivity index (χ4n) is 3.49. The number of carboxylic acid groups (broad SMARTS) is 1. The summed E-state index contributed by atoms with van der Waals surface area (Å²) in [5.41, 5.74) is 0.807. The lowest BCUT2D eigenvalue weighted by Crippen LogP contribution is -2.37. The number of carbonyl (C=O) groups excluding carboxylic acids is 1. The topological polar surface area (TPSA) is 70.1 Å². The molecule has 1 N–H and O–H groups in total. The third kappa shape index (κ3) is 6.03. The van der Waals surface area contributed by atoms with Crippen molar-refractivity contribution in [2.75, 3.05) is 32.8 Å². The van der Waals surface area contributed by atoms with Crippen molar-refractivity contribution < 1.29 is 32.6 Å². The average Bonchev–Trinajstić information content (AvgIpc) is 3.42. The number of aliphatic carboxylic acids is 1. The third-order valence-electron chi connectivity index (χ3n) is 4.86. The van der Waals surface area contributed by atoms with Gasteiger partial charge in [-0.2, -0.15) is 24.5 Å². The Morgan fingerprint density at radius 2 is 1.97 bits per heavy atom. The van der Waals surface area contributed by atoms with Gasteiger partial charge in [-0.1, -0.05) is 6.07 Å². The van der Waals surface area contributed by atoms with E-state index in [-0.39, 0.29) is 12.0 Å². The maximum atomic E-state index is 12.6. The molecule has 1 amide bonds. The molecule has 2 aliphatic heterocycles. The lowest BCUT2D eigenvalue weighted by molar-refractivity contribution is -0.192. The van der Waals surface area contributed by atoms with E-state index in [1.54, 1.807) is 22.7 Å². The molecule has 11 heteroatoms. The van der Waals surface area contributed by atoms with Crippen LogP contribution in [0.3, 0.4) is 0 Å². The van der Waals surface area contributed by atoms with E-state index in [9.17, 15) is 18.0 Å². The zero-order valence-corrected chi connectivity index (χ0v) is 17.5. The first-order chi connectivity index (χ1) is 14.2. The smallest absolute Gasteiger partial charge is 0.475 e. The standard InChI is InChI=1S/C17H20N2O2S2.C2HF3O2/c20-17(13-3-7-22-12-13)19-4-5-21-16-11-18(8-14(16)9-19)10-15-2-1-6-23-15;3-2(4,5)1(6)7/h1-3,6-7,12,14,16H,4-5,8-11H2;(H,6,7)/t14-,16-;/m1./s1. The summed E-state index contributed by atoms with van der Waals surface area (Å²) < 4.78 is 37.8. The largest absolute Gasteiger partial charge is 0.490 e. The van der Waals surface area contributed by atoms with Crippen molar-refractivity contribution in [1.29, 1.82) is 0 Å². The molecule has 0 aliphatic carbocycles. The Morgan fingerprint density at radius 3 is 2.57 bits per heavy atom. The highest BCUT2D eigenvalue weighted by Crippen LogP contribution is 2.26. The molecule has 0 radical (unpaired) electrons. The van der Waals surface area contributed by atoms with E-state index in [1.807, 2.05) is 21.7 Å². The van der Waals surface area contributed by atoms with Gasteiger partial charge in [-0.3, -0.25) is 9.69 Å². The number of thiophene rings is 2. The minimum atomic E-state index is -5.08. The van der Waals surface area contributed by atoms with Gasteiger partial charge in [-0.25, -0.2) is 4.79 Å². The van der Waals surface area contributed by atoms with Crippen LogP contribution >= 0.6 is 22.7 Å². The van der Waals surface area contributed by atoms with Gasteiger partial charge in [-0.05, 0) is 22.9 Å². The monoisotopic (exact) mass is 462 g/mol. The predicted octanol–water partition coefficient (Wildman–Crippen LogP) is 3.42. The molecule has 2 atom stereocenters. The van der Waals surface area contributed by atoms with Crippen molar-refractivity contribution in [3.8, 4) is 0 Å². The molecule has 2 saturated heterocycles. The van der Waals surface area contributed by atoms with E-state index in [4.69, 9.17) is 14.6 Å². The Kier molecular flexibility index (Phi) is 7.50. The molecule has 2 aromatic heterocycles. The molecule has 30 heavy (non-hydrogen) atoms. The summed E-state index contributed by atoms with van der Waals surface area (Å²) in [6.45, 7) is 5.13. The maximum Gasteiger partial charge on any atom is 0.490 e. The van der Waals surface area contributed by atoms with Crippen LogP contribution in [-0.2, 0) is 16.1 Å². The number of alkyl halides is 3. The Hall–Kier alpha value is -1.95. The van der Waals surface area contributed by atoms with Crippen LogP contribution in [0.1, 0.15) is 15.2 Å². The van der Waals surface area contributed by atoms with Crippen LogP contribution in [0.4, 0.5) is 13.2 Å². The lowest BCUT2D eigenvalue weighted by atomic mass is 10.1. The number of ether oxygens (including phenoxy) is 1. The van der Waals surface area contributed by atoms with Crippen molar-refractivity contribution in [2.45, 2.75) is 18.8 Å².